The van der Waals surface area contributed by atoms with Gasteiger partial charge in [0.2, 0.25) is 10.0 Å². The number of fused-ring (bicyclic) bond motifs is 2. The van der Waals surface area contributed by atoms with E-state index in [0.717, 1.165) is 44.6 Å². The highest BCUT2D eigenvalue weighted by Gasteiger charge is 2.39. The van der Waals surface area contributed by atoms with Gasteiger partial charge in [0.05, 0.1) is 11.8 Å². The van der Waals surface area contributed by atoms with Gasteiger partial charge in [-0.2, -0.15) is 4.31 Å². The van der Waals surface area contributed by atoms with Gasteiger partial charge in [0.15, 0.2) is 5.78 Å². The van der Waals surface area contributed by atoms with Crippen LogP contribution in [0, 0.1) is 29.3 Å². The number of Topliss-reactive ketones (excluding diaryl/α,β-unsaturated/α-hetero) is 1. The highest BCUT2D eigenvalue weighted by atomic mass is 32.2. The maximum absolute atomic E-state index is 14.1. The van der Waals surface area contributed by atoms with Crippen LogP contribution in [0.1, 0.15) is 68.4 Å². The number of benzene rings is 2. The Morgan fingerprint density at radius 2 is 1.62 bits per heavy atom. The second kappa shape index (κ2) is 12.3. The first-order valence-electron chi connectivity index (χ1n) is 14.3. The van der Waals surface area contributed by atoms with Crippen molar-refractivity contribution >= 4 is 15.8 Å². The summed E-state index contributed by atoms with van der Waals surface area (Å²) >= 11 is 0. The predicted octanol–water partition coefficient (Wildman–Crippen LogP) is 4.48. The first-order valence-corrected chi connectivity index (χ1v) is 15.9. The number of halogens is 3. The number of ketones is 1. The number of nitrogens with one attached hydrogen (secondary N) is 1. The van der Waals surface area contributed by atoms with E-state index in [0.29, 0.717) is 25.1 Å². The molecule has 40 heavy (non-hydrogen) atoms. The normalized spacial score (nSPS) is 29.4. The molecule has 1 aliphatic carbocycles. The van der Waals surface area contributed by atoms with Crippen molar-refractivity contribution in [2.75, 3.05) is 18.8 Å². The standard InChI is InChI=1S/C30H38F3N3O3S/c31-23-9-6-20(7-10-23)29(22-13-24(32)16-25(33)14-22)30(34)28(37)15-21-4-1-3-19(21)8-11-27-17-35-26-5-2-12-40(38,39)36(27)18-26/h6-7,9-10,13-14,16,19,21,26-27,29-30,35H,1-5,8,11-12,15,17-18,34H2/t19-,21-,26-,27+,29+,30-/m1/s1. The molecule has 2 aromatic rings. The summed E-state index contributed by atoms with van der Waals surface area (Å²) in [6, 6.07) is 7.66. The lowest BCUT2D eigenvalue weighted by molar-refractivity contribution is -0.121. The molecule has 1 unspecified atom stereocenters. The van der Waals surface area contributed by atoms with Gasteiger partial charge in [0.1, 0.15) is 17.5 Å². The van der Waals surface area contributed by atoms with Crippen LogP contribution in [0.5, 0.6) is 0 Å². The smallest absolute Gasteiger partial charge is 0.214 e. The molecule has 2 saturated heterocycles. The van der Waals surface area contributed by atoms with Gasteiger partial charge in [-0.05, 0) is 79.3 Å². The first-order chi connectivity index (χ1) is 19.1. The molecule has 218 valence electrons. The average molecular weight is 578 g/mol. The van der Waals surface area contributed by atoms with Crippen molar-refractivity contribution in [3.63, 3.8) is 0 Å². The van der Waals surface area contributed by atoms with Crippen molar-refractivity contribution in [3.05, 3.63) is 71.0 Å². The molecule has 6 nitrogen and oxygen atoms in total. The molecule has 5 rings (SSSR count). The van der Waals surface area contributed by atoms with Gasteiger partial charge < -0.3 is 11.1 Å². The van der Waals surface area contributed by atoms with Crippen LogP contribution < -0.4 is 11.1 Å². The van der Waals surface area contributed by atoms with Crippen molar-refractivity contribution < 1.29 is 26.4 Å². The van der Waals surface area contributed by atoms with Gasteiger partial charge in [-0.25, -0.2) is 21.6 Å². The quantitative estimate of drug-likeness (QED) is 0.459. The molecule has 2 aliphatic heterocycles. The summed E-state index contributed by atoms with van der Waals surface area (Å²) in [5, 5.41) is 3.51. The number of nitrogens with zero attached hydrogens (tertiary/aromatic N) is 1. The van der Waals surface area contributed by atoms with Crippen LogP contribution in [0.2, 0.25) is 0 Å². The lowest BCUT2D eigenvalue weighted by atomic mass is 9.79. The molecule has 3 aliphatic rings. The van der Waals surface area contributed by atoms with Gasteiger partial charge in [0, 0.05) is 43.6 Å². The first kappa shape index (κ1) is 29.2. The number of rotatable bonds is 9. The molecule has 2 heterocycles. The largest absolute Gasteiger partial charge is 0.321 e. The molecular weight excluding hydrogens is 539 g/mol. The molecule has 2 aromatic carbocycles. The lowest BCUT2D eigenvalue weighted by Gasteiger charge is -2.38. The second-order valence-corrected chi connectivity index (χ2v) is 13.8. The van der Waals surface area contributed by atoms with E-state index in [1.54, 1.807) is 4.31 Å². The molecule has 0 spiro atoms. The lowest BCUT2D eigenvalue weighted by Crippen LogP contribution is -2.57. The maximum Gasteiger partial charge on any atom is 0.214 e. The fourth-order valence-electron chi connectivity index (χ4n) is 7.03. The summed E-state index contributed by atoms with van der Waals surface area (Å²) in [6.45, 7) is 1.18. The van der Waals surface area contributed by atoms with Crippen LogP contribution in [0.3, 0.4) is 0 Å². The molecule has 0 aromatic heterocycles. The molecule has 2 bridgehead atoms. The van der Waals surface area contributed by atoms with E-state index >= 15 is 0 Å². The highest BCUT2D eigenvalue weighted by molar-refractivity contribution is 7.89. The van der Waals surface area contributed by atoms with Crippen LogP contribution in [0.15, 0.2) is 42.5 Å². The molecule has 0 radical (unpaired) electrons. The summed E-state index contributed by atoms with van der Waals surface area (Å²) in [6.07, 6.45) is 6.20. The van der Waals surface area contributed by atoms with Gasteiger partial charge >= 0.3 is 0 Å². The Morgan fingerprint density at radius 1 is 0.925 bits per heavy atom. The summed E-state index contributed by atoms with van der Waals surface area (Å²) < 4.78 is 69.3. The zero-order valence-corrected chi connectivity index (χ0v) is 23.4. The van der Waals surface area contributed by atoms with Gasteiger partial charge in [-0.15, -0.1) is 0 Å². The van der Waals surface area contributed by atoms with Gasteiger partial charge in [-0.1, -0.05) is 25.0 Å². The molecule has 0 amide bonds. The van der Waals surface area contributed by atoms with E-state index in [9.17, 15) is 26.4 Å². The van der Waals surface area contributed by atoms with Crippen molar-refractivity contribution in [1.29, 1.82) is 0 Å². The number of carbonyl (C=O) groups excluding carboxylic acids is 1. The maximum atomic E-state index is 14.1. The topological polar surface area (TPSA) is 92.5 Å². The molecule has 1 saturated carbocycles. The third kappa shape index (κ3) is 6.61. The van der Waals surface area contributed by atoms with Crippen LogP contribution in [0.25, 0.3) is 0 Å². The predicted molar refractivity (Wildman–Crippen MR) is 148 cm³/mol. The minimum Gasteiger partial charge on any atom is -0.321 e. The van der Waals surface area contributed by atoms with Gasteiger partial charge in [0.25, 0.3) is 0 Å². The SMILES string of the molecule is N[C@H](C(=O)C[C@H]1CCC[C@@H]1CC[C@H]1CN[C@@H]2CCCS(=O)(=O)N1C2)[C@@H](c1ccc(F)cc1)c1cc(F)cc(F)c1. The summed E-state index contributed by atoms with van der Waals surface area (Å²) in [5.41, 5.74) is 7.25. The fraction of sp³-hybridized carbons (Fsp3) is 0.567. The van der Waals surface area contributed by atoms with E-state index in [4.69, 9.17) is 5.73 Å². The monoisotopic (exact) mass is 577 g/mol. The van der Waals surface area contributed by atoms with Crippen molar-refractivity contribution in [3.8, 4) is 0 Å². The molecular formula is C30H38F3N3O3S. The van der Waals surface area contributed by atoms with E-state index in [2.05, 4.69) is 5.32 Å². The number of piperazine rings is 1. The Balaban J connectivity index is 1.27. The Bertz CT molecular complexity index is 1290. The molecule has 10 heteroatoms. The summed E-state index contributed by atoms with van der Waals surface area (Å²) in [7, 11) is -3.26. The zero-order chi connectivity index (χ0) is 28.4. The summed E-state index contributed by atoms with van der Waals surface area (Å²) in [4.78, 5) is 13.6. The third-order valence-corrected chi connectivity index (χ3v) is 11.1. The number of nitrogens with two attached hydrogens (primary N) is 1. The number of sulfonamides is 1. The van der Waals surface area contributed by atoms with Crippen LogP contribution in [-0.4, -0.2) is 55.5 Å². The number of hydrogen-bond acceptors (Lipinski definition) is 5. The van der Waals surface area contributed by atoms with E-state index < -0.39 is 39.4 Å². The van der Waals surface area contributed by atoms with Crippen molar-refractivity contribution in [2.24, 2.45) is 17.6 Å². The van der Waals surface area contributed by atoms with Crippen LogP contribution >= 0.6 is 0 Å². The van der Waals surface area contributed by atoms with Crippen LogP contribution in [0.4, 0.5) is 13.2 Å². The fourth-order valence-corrected chi connectivity index (χ4v) is 8.83. The van der Waals surface area contributed by atoms with E-state index in [-0.39, 0.29) is 47.4 Å². The molecule has 3 N–H and O–H groups in total. The Hall–Kier alpha value is -2.27. The minimum atomic E-state index is -3.26. The Labute approximate surface area is 234 Å². The Kier molecular flexibility index (Phi) is 8.99. The second-order valence-electron chi connectivity index (χ2n) is 11.7. The van der Waals surface area contributed by atoms with Crippen LogP contribution in [-0.2, 0) is 14.8 Å². The average Bonchev–Trinajstić information content (AvgIpc) is 3.30. The number of hydrogen-bond donors (Lipinski definition) is 2. The van der Waals surface area contributed by atoms with Crippen molar-refractivity contribution in [2.45, 2.75) is 75.4 Å². The summed E-state index contributed by atoms with van der Waals surface area (Å²) in [5.74, 6) is -2.44. The van der Waals surface area contributed by atoms with E-state index in [1.807, 2.05) is 0 Å². The van der Waals surface area contributed by atoms with E-state index in [1.165, 1.54) is 36.4 Å². The Morgan fingerprint density at radius 3 is 2.35 bits per heavy atom. The molecule has 7 atom stereocenters. The number of carbonyl (C=O) groups is 1. The third-order valence-electron chi connectivity index (χ3n) is 9.12. The van der Waals surface area contributed by atoms with Crippen molar-refractivity contribution in [1.82, 2.24) is 9.62 Å². The zero-order valence-electron chi connectivity index (χ0n) is 22.6. The molecule has 3 fully saturated rings. The van der Waals surface area contributed by atoms with Gasteiger partial charge in [-0.3, -0.25) is 4.79 Å². The minimum absolute atomic E-state index is 0.0794. The highest BCUT2D eigenvalue weighted by Crippen LogP contribution is 2.39.